The molecule has 100 valence electrons. The number of benzene rings is 1. The van der Waals surface area contributed by atoms with Crippen molar-refractivity contribution in [1.29, 1.82) is 0 Å². The number of allylic oxidation sites excluding steroid dienone is 1. The van der Waals surface area contributed by atoms with Crippen molar-refractivity contribution in [2.75, 3.05) is 20.1 Å². The van der Waals surface area contributed by atoms with Crippen LogP contribution in [0.3, 0.4) is 0 Å². The van der Waals surface area contributed by atoms with Crippen LogP contribution >= 0.6 is 0 Å². The van der Waals surface area contributed by atoms with E-state index in [2.05, 4.69) is 18.5 Å². The van der Waals surface area contributed by atoms with Crippen LogP contribution in [0.5, 0.6) is 0 Å². The van der Waals surface area contributed by atoms with E-state index < -0.39 is 0 Å². The van der Waals surface area contributed by atoms with Crippen molar-refractivity contribution in [2.24, 2.45) is 11.3 Å². The van der Waals surface area contributed by atoms with Gasteiger partial charge in [0.15, 0.2) is 0 Å². The van der Waals surface area contributed by atoms with Gasteiger partial charge < -0.3 is 4.90 Å². The molecule has 1 saturated carbocycles. The van der Waals surface area contributed by atoms with E-state index >= 15 is 0 Å². The minimum Gasteiger partial charge on any atom is -0.305 e. The molecular weight excluding hydrogens is 237 g/mol. The number of rotatable bonds is 3. The summed E-state index contributed by atoms with van der Waals surface area (Å²) in [5.41, 5.74) is 2.99. The predicted molar refractivity (Wildman–Crippen MR) is 78.3 cm³/mol. The molecule has 2 fully saturated rings. The fraction of sp³-hybridized carbons (Fsp3) is 0.412. The summed E-state index contributed by atoms with van der Waals surface area (Å²) in [5, 5.41) is 0. The van der Waals surface area contributed by atoms with Crippen molar-refractivity contribution in [1.82, 2.24) is 4.90 Å². The largest absolute Gasteiger partial charge is 0.305 e. The fourth-order valence-electron chi connectivity index (χ4n) is 3.58. The van der Waals surface area contributed by atoms with Crippen molar-refractivity contribution in [2.45, 2.75) is 13.3 Å². The van der Waals surface area contributed by atoms with Crippen molar-refractivity contribution in [3.05, 3.63) is 48.0 Å². The number of fused-ring (bicyclic) bond motifs is 1. The molecule has 2 aliphatic rings. The van der Waals surface area contributed by atoms with Gasteiger partial charge in [-0.2, -0.15) is 0 Å². The highest BCUT2D eigenvalue weighted by Gasteiger charge is 2.60. The zero-order valence-electron chi connectivity index (χ0n) is 11.6. The highest BCUT2D eigenvalue weighted by molar-refractivity contribution is 5.80. The molecule has 0 amide bonds. The molecule has 0 spiro atoms. The molecule has 0 N–H and O–H groups in total. The molecule has 0 aromatic heterocycles. The van der Waals surface area contributed by atoms with Gasteiger partial charge in [0, 0.05) is 24.1 Å². The summed E-state index contributed by atoms with van der Waals surface area (Å²) in [6, 6.07) is 7.71. The molecule has 2 unspecified atom stereocenters. The molecule has 1 saturated heterocycles. The fourth-order valence-corrected chi connectivity index (χ4v) is 3.58. The van der Waals surface area contributed by atoms with Gasteiger partial charge in [0.05, 0.1) is 0 Å². The lowest BCUT2D eigenvalue weighted by Crippen LogP contribution is -2.20. The monoisotopic (exact) mass is 257 g/mol. The third kappa shape index (κ3) is 1.86. The molecule has 2 atom stereocenters. The van der Waals surface area contributed by atoms with Gasteiger partial charge in [0.2, 0.25) is 0 Å². The number of hydrogen-bond donors (Lipinski definition) is 0. The van der Waals surface area contributed by atoms with Gasteiger partial charge >= 0.3 is 0 Å². The van der Waals surface area contributed by atoms with Gasteiger partial charge in [-0.25, -0.2) is 4.39 Å². The van der Waals surface area contributed by atoms with Gasteiger partial charge in [-0.1, -0.05) is 36.9 Å². The van der Waals surface area contributed by atoms with Gasteiger partial charge in [-0.15, -0.1) is 0 Å². The van der Waals surface area contributed by atoms with E-state index in [1.54, 1.807) is 6.92 Å². The number of nitrogens with zero attached hydrogens (tertiary/aromatic N) is 1. The van der Waals surface area contributed by atoms with Crippen LogP contribution in [0, 0.1) is 11.3 Å². The van der Waals surface area contributed by atoms with Crippen LogP contribution in [0.1, 0.15) is 24.5 Å². The van der Waals surface area contributed by atoms with Gasteiger partial charge in [-0.05, 0) is 37.4 Å². The van der Waals surface area contributed by atoms with Crippen LogP contribution in [0.4, 0.5) is 4.39 Å². The Kier molecular flexibility index (Phi) is 2.86. The topological polar surface area (TPSA) is 3.24 Å². The minimum absolute atomic E-state index is 0.156. The van der Waals surface area contributed by atoms with Crippen LogP contribution in [-0.2, 0) is 0 Å². The smallest absolute Gasteiger partial charge is 0.126 e. The Bertz CT molecular complexity index is 560. The van der Waals surface area contributed by atoms with Crippen LogP contribution in [0.2, 0.25) is 0 Å². The standard InChI is InChI=1S/C17H20FN/c1-4-16(18)15-8-6-5-7-14(15)12(2)17-9-13(17)10-19(3)11-17/h4-8,13H,2,9-11H2,1,3H3/b16-4+. The summed E-state index contributed by atoms with van der Waals surface area (Å²) in [7, 11) is 2.15. The second-order valence-corrected chi connectivity index (χ2v) is 5.91. The van der Waals surface area contributed by atoms with Crippen molar-refractivity contribution < 1.29 is 4.39 Å². The van der Waals surface area contributed by atoms with Crippen LogP contribution < -0.4 is 0 Å². The number of likely N-dealkylation sites (tertiary alicyclic amines) is 1. The minimum atomic E-state index is -0.156. The average molecular weight is 257 g/mol. The average Bonchev–Trinajstić information content (AvgIpc) is 3.00. The molecule has 1 nitrogen and oxygen atoms in total. The Balaban J connectivity index is 1.98. The summed E-state index contributed by atoms with van der Waals surface area (Å²) < 4.78 is 14.0. The van der Waals surface area contributed by atoms with E-state index in [-0.39, 0.29) is 11.2 Å². The van der Waals surface area contributed by atoms with Crippen LogP contribution in [-0.4, -0.2) is 25.0 Å². The zero-order chi connectivity index (χ0) is 13.6. The Morgan fingerprint density at radius 2 is 2.11 bits per heavy atom. The van der Waals surface area contributed by atoms with E-state index in [1.165, 1.54) is 12.5 Å². The lowest BCUT2D eigenvalue weighted by atomic mass is 9.87. The van der Waals surface area contributed by atoms with E-state index in [0.717, 1.165) is 24.2 Å². The van der Waals surface area contributed by atoms with Gasteiger partial charge in [0.1, 0.15) is 5.83 Å². The highest BCUT2D eigenvalue weighted by atomic mass is 19.1. The first-order valence-electron chi connectivity index (χ1n) is 6.88. The first kappa shape index (κ1) is 12.6. The van der Waals surface area contributed by atoms with E-state index in [9.17, 15) is 4.39 Å². The van der Waals surface area contributed by atoms with E-state index in [4.69, 9.17) is 0 Å². The summed E-state index contributed by atoms with van der Waals surface area (Å²) in [5.74, 6) is 0.559. The third-order valence-corrected chi connectivity index (χ3v) is 4.68. The zero-order valence-corrected chi connectivity index (χ0v) is 11.6. The molecule has 3 rings (SSSR count). The molecule has 1 aliphatic heterocycles. The second kappa shape index (κ2) is 4.31. The SMILES string of the molecule is C=C(c1ccccc1/C(F)=C\C)C12CC1CN(C)C2. The first-order valence-corrected chi connectivity index (χ1v) is 6.88. The molecule has 1 aromatic rings. The summed E-state index contributed by atoms with van der Waals surface area (Å²) in [6.07, 6.45) is 2.73. The Morgan fingerprint density at radius 3 is 2.68 bits per heavy atom. The quantitative estimate of drug-likeness (QED) is 0.791. The predicted octanol–water partition coefficient (Wildman–Crippen LogP) is 3.98. The maximum Gasteiger partial charge on any atom is 0.126 e. The number of halogens is 1. The van der Waals surface area contributed by atoms with E-state index in [0.29, 0.717) is 11.5 Å². The molecule has 1 aliphatic carbocycles. The maximum atomic E-state index is 14.0. The summed E-state index contributed by atoms with van der Waals surface area (Å²) >= 11 is 0. The van der Waals surface area contributed by atoms with Crippen molar-refractivity contribution in [3.8, 4) is 0 Å². The molecule has 19 heavy (non-hydrogen) atoms. The first-order chi connectivity index (χ1) is 9.08. The molecule has 0 bridgehead atoms. The Labute approximate surface area is 114 Å². The lowest BCUT2D eigenvalue weighted by Gasteiger charge is -2.20. The van der Waals surface area contributed by atoms with Crippen molar-refractivity contribution in [3.63, 3.8) is 0 Å². The second-order valence-electron chi connectivity index (χ2n) is 5.91. The number of hydrogen-bond acceptors (Lipinski definition) is 1. The Hall–Kier alpha value is -1.41. The normalized spacial score (nSPS) is 30.3. The third-order valence-electron chi connectivity index (χ3n) is 4.68. The van der Waals surface area contributed by atoms with Gasteiger partial charge in [-0.3, -0.25) is 0 Å². The Morgan fingerprint density at radius 1 is 1.42 bits per heavy atom. The molecular formula is C17H20FN. The van der Waals surface area contributed by atoms with Crippen molar-refractivity contribution >= 4 is 11.4 Å². The summed E-state index contributed by atoms with van der Waals surface area (Å²) in [6.45, 7) is 8.25. The molecule has 2 heteroatoms. The van der Waals surface area contributed by atoms with Crippen LogP contribution in [0.15, 0.2) is 36.9 Å². The molecule has 0 radical (unpaired) electrons. The molecule has 1 aromatic carbocycles. The maximum absolute atomic E-state index is 14.0. The van der Waals surface area contributed by atoms with Crippen LogP contribution in [0.25, 0.3) is 11.4 Å². The highest BCUT2D eigenvalue weighted by Crippen LogP contribution is 2.64. The number of piperidine rings is 1. The van der Waals surface area contributed by atoms with E-state index in [1.807, 2.05) is 24.3 Å². The lowest BCUT2D eigenvalue weighted by molar-refractivity contribution is 0.360. The molecule has 1 heterocycles. The van der Waals surface area contributed by atoms with Gasteiger partial charge in [0.25, 0.3) is 0 Å². The summed E-state index contributed by atoms with van der Waals surface area (Å²) in [4.78, 5) is 2.36.